The Bertz CT molecular complexity index is 669. The number of esters is 1. The Morgan fingerprint density at radius 2 is 2.32 bits per heavy atom. The Morgan fingerprint density at radius 1 is 1.41 bits per heavy atom. The maximum Gasteiger partial charge on any atom is 0.312 e. The maximum atomic E-state index is 11.9. The number of carbonyl (C=O) groups excluding carboxylic acids is 2. The summed E-state index contributed by atoms with van der Waals surface area (Å²) in [5, 5.41) is 2.66. The number of aromatic nitrogens is 2. The number of pyridine rings is 1. The molecule has 2 aromatic heterocycles. The van der Waals surface area contributed by atoms with Crippen molar-refractivity contribution in [3.05, 3.63) is 35.6 Å². The van der Waals surface area contributed by atoms with Crippen LogP contribution in [-0.4, -0.2) is 27.8 Å². The third-order valence-corrected chi connectivity index (χ3v) is 4.50. The molecule has 1 aliphatic carbocycles. The van der Waals surface area contributed by atoms with Gasteiger partial charge in [0.05, 0.1) is 12.1 Å². The lowest BCUT2D eigenvalue weighted by Gasteiger charge is -2.20. The summed E-state index contributed by atoms with van der Waals surface area (Å²) in [5.74, 6) is -0.350. The standard InChI is InChI=1S/C16H16N2O3S/c19-13-5-1-2-6-14(13)21-15(20)8-12-10-22-16(18-12)11-4-3-7-17-9-11/h3-4,7,9-10,14H,1-2,5-6,8H2/t14-/m0/s1. The van der Waals surface area contributed by atoms with Gasteiger partial charge in [0.2, 0.25) is 0 Å². The first-order chi connectivity index (χ1) is 10.7. The molecule has 1 atom stereocenters. The first kappa shape index (κ1) is 14.8. The second-order valence-electron chi connectivity index (χ2n) is 5.25. The van der Waals surface area contributed by atoms with Crippen LogP contribution in [0.3, 0.4) is 0 Å². The van der Waals surface area contributed by atoms with Gasteiger partial charge in [-0.25, -0.2) is 4.98 Å². The van der Waals surface area contributed by atoms with Gasteiger partial charge in [-0.3, -0.25) is 14.6 Å². The molecule has 114 valence electrons. The van der Waals surface area contributed by atoms with Crippen LogP contribution >= 0.6 is 11.3 Å². The normalized spacial score (nSPS) is 18.2. The fourth-order valence-electron chi connectivity index (χ4n) is 2.43. The molecule has 0 amide bonds. The van der Waals surface area contributed by atoms with Crippen LogP contribution in [0.15, 0.2) is 29.9 Å². The highest BCUT2D eigenvalue weighted by molar-refractivity contribution is 7.13. The van der Waals surface area contributed by atoms with Gasteiger partial charge >= 0.3 is 5.97 Å². The summed E-state index contributed by atoms with van der Waals surface area (Å²) in [6.07, 6.45) is 5.97. The molecule has 1 saturated carbocycles. The molecule has 22 heavy (non-hydrogen) atoms. The van der Waals surface area contributed by atoms with Crippen molar-refractivity contribution >= 4 is 23.1 Å². The first-order valence-electron chi connectivity index (χ1n) is 7.29. The molecule has 0 spiro atoms. The number of hydrogen-bond acceptors (Lipinski definition) is 6. The molecule has 5 nitrogen and oxygen atoms in total. The molecule has 0 saturated heterocycles. The van der Waals surface area contributed by atoms with Gasteiger partial charge in [0.1, 0.15) is 5.01 Å². The Kier molecular flexibility index (Phi) is 4.58. The van der Waals surface area contributed by atoms with E-state index in [2.05, 4.69) is 9.97 Å². The zero-order chi connectivity index (χ0) is 15.4. The highest BCUT2D eigenvalue weighted by Gasteiger charge is 2.26. The predicted molar refractivity (Wildman–Crippen MR) is 82.4 cm³/mol. The van der Waals surface area contributed by atoms with E-state index in [0.29, 0.717) is 18.5 Å². The summed E-state index contributed by atoms with van der Waals surface area (Å²) in [7, 11) is 0. The first-order valence-corrected chi connectivity index (χ1v) is 8.17. The highest BCUT2D eigenvalue weighted by atomic mass is 32.1. The van der Waals surface area contributed by atoms with Crippen LogP contribution in [0.4, 0.5) is 0 Å². The summed E-state index contributed by atoms with van der Waals surface area (Å²) >= 11 is 1.47. The number of carbonyl (C=O) groups is 2. The van der Waals surface area contributed by atoms with Crippen molar-refractivity contribution in [1.29, 1.82) is 0 Å². The van der Waals surface area contributed by atoms with E-state index in [0.717, 1.165) is 23.4 Å². The van der Waals surface area contributed by atoms with E-state index in [4.69, 9.17) is 4.74 Å². The Hall–Kier alpha value is -2.08. The molecule has 0 unspecified atom stereocenters. The van der Waals surface area contributed by atoms with Crippen molar-refractivity contribution < 1.29 is 14.3 Å². The van der Waals surface area contributed by atoms with Crippen molar-refractivity contribution in [3.8, 4) is 10.6 Å². The van der Waals surface area contributed by atoms with E-state index in [1.165, 1.54) is 11.3 Å². The van der Waals surface area contributed by atoms with Gasteiger partial charge in [0.15, 0.2) is 11.9 Å². The van der Waals surface area contributed by atoms with Gasteiger partial charge in [-0.05, 0) is 31.4 Å². The van der Waals surface area contributed by atoms with Crippen molar-refractivity contribution in [2.75, 3.05) is 0 Å². The van der Waals surface area contributed by atoms with Gasteiger partial charge in [0, 0.05) is 29.8 Å². The van der Waals surface area contributed by atoms with Crippen LogP contribution in [-0.2, 0) is 20.7 Å². The van der Waals surface area contributed by atoms with Crippen LogP contribution in [0, 0.1) is 0 Å². The molecule has 3 rings (SSSR count). The number of ether oxygens (including phenoxy) is 1. The maximum absolute atomic E-state index is 11.9. The average Bonchev–Trinajstić information content (AvgIpc) is 2.99. The van der Waals surface area contributed by atoms with E-state index >= 15 is 0 Å². The second kappa shape index (κ2) is 6.79. The van der Waals surface area contributed by atoms with Gasteiger partial charge in [-0.15, -0.1) is 11.3 Å². The minimum Gasteiger partial charge on any atom is -0.454 e. The highest BCUT2D eigenvalue weighted by Crippen LogP contribution is 2.23. The van der Waals surface area contributed by atoms with Gasteiger partial charge in [0.25, 0.3) is 0 Å². The summed E-state index contributed by atoms with van der Waals surface area (Å²) in [6, 6.07) is 3.77. The van der Waals surface area contributed by atoms with Gasteiger partial charge in [-0.2, -0.15) is 0 Å². The van der Waals surface area contributed by atoms with Crippen molar-refractivity contribution in [3.63, 3.8) is 0 Å². The minimum absolute atomic E-state index is 0.0360. The minimum atomic E-state index is -0.558. The number of hydrogen-bond donors (Lipinski definition) is 0. The van der Waals surface area contributed by atoms with Crippen molar-refractivity contribution in [2.24, 2.45) is 0 Å². The van der Waals surface area contributed by atoms with Gasteiger partial charge in [-0.1, -0.05) is 0 Å². The second-order valence-corrected chi connectivity index (χ2v) is 6.11. The van der Waals surface area contributed by atoms with Crippen molar-refractivity contribution in [1.82, 2.24) is 9.97 Å². The number of rotatable bonds is 4. The lowest BCUT2D eigenvalue weighted by atomic mass is 9.96. The quantitative estimate of drug-likeness (QED) is 0.811. The number of nitrogens with zero attached hydrogens (tertiary/aromatic N) is 2. The zero-order valence-corrected chi connectivity index (χ0v) is 12.8. The monoisotopic (exact) mass is 316 g/mol. The average molecular weight is 316 g/mol. The molecular weight excluding hydrogens is 300 g/mol. The van der Waals surface area contributed by atoms with Gasteiger partial charge < -0.3 is 4.74 Å². The molecule has 6 heteroatoms. The molecule has 0 radical (unpaired) electrons. The predicted octanol–water partition coefficient (Wildman–Crippen LogP) is 2.80. The van der Waals surface area contributed by atoms with E-state index in [1.807, 2.05) is 17.5 Å². The van der Waals surface area contributed by atoms with Crippen LogP contribution in [0.1, 0.15) is 31.4 Å². The van der Waals surface area contributed by atoms with Crippen LogP contribution in [0.25, 0.3) is 10.6 Å². The Balaban J connectivity index is 1.60. The van der Waals surface area contributed by atoms with E-state index < -0.39 is 6.10 Å². The fourth-order valence-corrected chi connectivity index (χ4v) is 3.24. The molecule has 2 heterocycles. The third-order valence-electron chi connectivity index (χ3n) is 3.56. The van der Waals surface area contributed by atoms with Crippen LogP contribution in [0.5, 0.6) is 0 Å². The number of Topliss-reactive ketones (excluding diaryl/α,β-unsaturated/α-hetero) is 1. The molecule has 1 aliphatic rings. The summed E-state index contributed by atoms with van der Waals surface area (Å²) < 4.78 is 5.29. The van der Waals surface area contributed by atoms with E-state index in [1.54, 1.807) is 12.4 Å². The number of thiazole rings is 1. The molecular formula is C16H16N2O3S. The SMILES string of the molecule is O=C(Cc1csc(-c2cccnc2)n1)O[C@H]1CCCCC1=O. The topological polar surface area (TPSA) is 69.2 Å². The molecule has 0 N–H and O–H groups in total. The fraction of sp³-hybridized carbons (Fsp3) is 0.375. The third kappa shape index (κ3) is 3.57. The molecule has 0 bridgehead atoms. The molecule has 0 aliphatic heterocycles. The van der Waals surface area contributed by atoms with E-state index in [-0.39, 0.29) is 18.2 Å². The smallest absolute Gasteiger partial charge is 0.312 e. The summed E-state index contributed by atoms with van der Waals surface area (Å²) in [5.41, 5.74) is 1.59. The lowest BCUT2D eigenvalue weighted by molar-refractivity contribution is -0.156. The zero-order valence-electron chi connectivity index (χ0n) is 12.0. The summed E-state index contributed by atoms with van der Waals surface area (Å²) in [4.78, 5) is 32.1. The molecule has 0 aromatic carbocycles. The van der Waals surface area contributed by atoms with Crippen molar-refractivity contribution in [2.45, 2.75) is 38.2 Å². The molecule has 2 aromatic rings. The lowest BCUT2D eigenvalue weighted by Crippen LogP contribution is -2.30. The largest absolute Gasteiger partial charge is 0.454 e. The van der Waals surface area contributed by atoms with Crippen LogP contribution in [0.2, 0.25) is 0 Å². The Labute approximate surface area is 132 Å². The summed E-state index contributed by atoms with van der Waals surface area (Å²) in [6.45, 7) is 0. The number of ketones is 1. The van der Waals surface area contributed by atoms with Crippen LogP contribution < -0.4 is 0 Å². The van der Waals surface area contributed by atoms with E-state index in [9.17, 15) is 9.59 Å². The molecule has 1 fully saturated rings. The Morgan fingerprint density at radius 3 is 3.09 bits per heavy atom.